The van der Waals surface area contributed by atoms with E-state index in [0.29, 0.717) is 25.5 Å². The number of nitrogens with zero attached hydrogens (tertiary/aromatic N) is 3. The Labute approximate surface area is 174 Å². The maximum Gasteiger partial charge on any atom is 0.223 e. The number of amides is 1. The van der Waals surface area contributed by atoms with Gasteiger partial charge in [0.1, 0.15) is 0 Å². The summed E-state index contributed by atoms with van der Waals surface area (Å²) in [5.41, 5.74) is 1.21. The second-order valence-corrected chi connectivity index (χ2v) is 6.61. The predicted octanol–water partition coefficient (Wildman–Crippen LogP) is 2.20. The fourth-order valence-electron chi connectivity index (χ4n) is 2.92. The number of carbonyl (C=O) groups excluding carboxylic acids is 1. The van der Waals surface area contributed by atoms with E-state index in [-0.39, 0.29) is 29.9 Å². The van der Waals surface area contributed by atoms with Crippen molar-refractivity contribution in [3.05, 3.63) is 35.9 Å². The molecular formula is C19H31IN4O2. The number of carbonyl (C=O) groups is 1. The minimum absolute atomic E-state index is 0. The van der Waals surface area contributed by atoms with Gasteiger partial charge >= 0.3 is 0 Å². The fourth-order valence-corrected chi connectivity index (χ4v) is 2.92. The molecule has 1 fully saturated rings. The van der Waals surface area contributed by atoms with E-state index in [1.807, 2.05) is 18.2 Å². The molecule has 0 saturated carbocycles. The van der Waals surface area contributed by atoms with E-state index in [4.69, 9.17) is 4.74 Å². The second-order valence-electron chi connectivity index (χ2n) is 6.61. The highest BCUT2D eigenvalue weighted by molar-refractivity contribution is 14.0. The van der Waals surface area contributed by atoms with E-state index < -0.39 is 0 Å². The summed E-state index contributed by atoms with van der Waals surface area (Å²) in [5, 5.41) is 3.29. The standard InChI is InChI=1S/C19H30N4O2.HI/c1-20-19(21-11-9-18(24)22(2)3)23-12-10-17(13-23)15-25-14-16-7-5-4-6-8-16;/h4-8,17H,9-15H2,1-3H3,(H,20,21);1H. The summed E-state index contributed by atoms with van der Waals surface area (Å²) < 4.78 is 5.87. The average Bonchev–Trinajstić information content (AvgIpc) is 3.08. The molecule has 1 amide bonds. The summed E-state index contributed by atoms with van der Waals surface area (Å²) in [4.78, 5) is 19.8. The molecule has 1 saturated heterocycles. The van der Waals surface area contributed by atoms with Crippen molar-refractivity contribution in [3.8, 4) is 0 Å². The molecule has 2 rings (SSSR count). The number of aliphatic imine (C=N–C) groups is 1. The third-order valence-corrected chi connectivity index (χ3v) is 4.38. The first-order valence-electron chi connectivity index (χ1n) is 8.87. The number of halogens is 1. The van der Waals surface area contributed by atoms with E-state index in [9.17, 15) is 4.79 Å². The van der Waals surface area contributed by atoms with Crippen LogP contribution in [0.1, 0.15) is 18.4 Å². The summed E-state index contributed by atoms with van der Waals surface area (Å²) in [6, 6.07) is 10.3. The molecule has 1 aromatic carbocycles. The first-order chi connectivity index (χ1) is 12.1. The number of ether oxygens (including phenoxy) is 1. The van der Waals surface area contributed by atoms with Crippen LogP contribution < -0.4 is 5.32 Å². The Balaban J connectivity index is 0.00000338. The first kappa shape index (κ1) is 22.7. The molecule has 1 N–H and O–H groups in total. The smallest absolute Gasteiger partial charge is 0.223 e. The lowest BCUT2D eigenvalue weighted by atomic mass is 10.1. The zero-order valence-electron chi connectivity index (χ0n) is 16.0. The summed E-state index contributed by atoms with van der Waals surface area (Å²) in [6.07, 6.45) is 1.58. The van der Waals surface area contributed by atoms with Gasteiger partial charge in [-0.2, -0.15) is 0 Å². The maximum absolute atomic E-state index is 11.6. The van der Waals surface area contributed by atoms with Gasteiger partial charge in [-0.3, -0.25) is 9.79 Å². The van der Waals surface area contributed by atoms with Crippen LogP contribution in [0.4, 0.5) is 0 Å². The van der Waals surface area contributed by atoms with Gasteiger partial charge in [0.05, 0.1) is 13.2 Å². The van der Waals surface area contributed by atoms with Crippen molar-refractivity contribution in [2.45, 2.75) is 19.4 Å². The molecular weight excluding hydrogens is 443 g/mol. The molecule has 1 aliphatic rings. The van der Waals surface area contributed by atoms with Gasteiger partial charge in [0, 0.05) is 53.1 Å². The van der Waals surface area contributed by atoms with Crippen molar-refractivity contribution in [1.82, 2.24) is 15.1 Å². The average molecular weight is 474 g/mol. The molecule has 1 atom stereocenters. The molecule has 7 heteroatoms. The molecule has 1 aliphatic heterocycles. The molecule has 26 heavy (non-hydrogen) atoms. The molecule has 0 spiro atoms. The molecule has 0 radical (unpaired) electrons. The van der Waals surface area contributed by atoms with Gasteiger partial charge in [0.2, 0.25) is 5.91 Å². The lowest BCUT2D eigenvalue weighted by molar-refractivity contribution is -0.128. The van der Waals surface area contributed by atoms with E-state index in [2.05, 4.69) is 27.3 Å². The Kier molecular flexibility index (Phi) is 10.6. The molecule has 1 unspecified atom stereocenters. The van der Waals surface area contributed by atoms with Gasteiger partial charge in [-0.15, -0.1) is 24.0 Å². The zero-order chi connectivity index (χ0) is 18.1. The minimum Gasteiger partial charge on any atom is -0.376 e. The maximum atomic E-state index is 11.6. The summed E-state index contributed by atoms with van der Waals surface area (Å²) in [6.45, 7) is 3.95. The topological polar surface area (TPSA) is 57.2 Å². The number of benzene rings is 1. The van der Waals surface area contributed by atoms with Crippen LogP contribution in [0.2, 0.25) is 0 Å². The van der Waals surface area contributed by atoms with Crippen molar-refractivity contribution in [1.29, 1.82) is 0 Å². The zero-order valence-corrected chi connectivity index (χ0v) is 18.3. The third kappa shape index (κ3) is 7.49. The van der Waals surface area contributed by atoms with Gasteiger partial charge in [0.25, 0.3) is 0 Å². The molecule has 6 nitrogen and oxygen atoms in total. The van der Waals surface area contributed by atoms with Crippen molar-refractivity contribution in [2.24, 2.45) is 10.9 Å². The monoisotopic (exact) mass is 474 g/mol. The second kappa shape index (κ2) is 12.1. The van der Waals surface area contributed by atoms with Crippen LogP contribution in [0.25, 0.3) is 0 Å². The number of hydrogen-bond donors (Lipinski definition) is 1. The van der Waals surface area contributed by atoms with Gasteiger partial charge in [-0.05, 0) is 12.0 Å². The molecule has 0 bridgehead atoms. The Morgan fingerprint density at radius 2 is 2.08 bits per heavy atom. The van der Waals surface area contributed by atoms with Crippen LogP contribution in [0.15, 0.2) is 35.3 Å². The minimum atomic E-state index is 0. The highest BCUT2D eigenvalue weighted by Gasteiger charge is 2.25. The Hall–Kier alpha value is -1.35. The van der Waals surface area contributed by atoms with E-state index in [1.165, 1.54) is 5.56 Å². The number of rotatable bonds is 7. The van der Waals surface area contributed by atoms with Crippen molar-refractivity contribution in [2.75, 3.05) is 47.4 Å². The number of guanidine groups is 1. The van der Waals surface area contributed by atoms with Crippen molar-refractivity contribution < 1.29 is 9.53 Å². The van der Waals surface area contributed by atoms with Gasteiger partial charge in [0.15, 0.2) is 5.96 Å². The molecule has 1 heterocycles. The molecule has 146 valence electrons. The van der Waals surface area contributed by atoms with E-state index in [0.717, 1.165) is 32.1 Å². The molecule has 0 aromatic heterocycles. The van der Waals surface area contributed by atoms with Crippen LogP contribution >= 0.6 is 24.0 Å². The lowest BCUT2D eigenvalue weighted by Gasteiger charge is -2.22. The SMILES string of the molecule is CN=C(NCCC(=O)N(C)C)N1CCC(COCc2ccccc2)C1.I. The number of nitrogens with one attached hydrogen (secondary N) is 1. The first-order valence-corrected chi connectivity index (χ1v) is 8.87. The fraction of sp³-hybridized carbons (Fsp3) is 0.579. The van der Waals surface area contributed by atoms with E-state index in [1.54, 1.807) is 26.0 Å². The van der Waals surface area contributed by atoms with Crippen LogP contribution in [0.3, 0.4) is 0 Å². The lowest BCUT2D eigenvalue weighted by Crippen LogP contribution is -2.41. The summed E-state index contributed by atoms with van der Waals surface area (Å²) >= 11 is 0. The Morgan fingerprint density at radius 1 is 1.35 bits per heavy atom. The quantitative estimate of drug-likeness (QED) is 0.374. The van der Waals surface area contributed by atoms with Gasteiger partial charge in [-0.1, -0.05) is 30.3 Å². The predicted molar refractivity (Wildman–Crippen MR) is 116 cm³/mol. The number of hydrogen-bond acceptors (Lipinski definition) is 3. The van der Waals surface area contributed by atoms with Crippen molar-refractivity contribution in [3.63, 3.8) is 0 Å². The largest absolute Gasteiger partial charge is 0.376 e. The summed E-state index contributed by atoms with van der Waals surface area (Å²) in [7, 11) is 5.34. The van der Waals surface area contributed by atoms with Crippen LogP contribution in [0, 0.1) is 5.92 Å². The normalized spacial score (nSPS) is 17.0. The van der Waals surface area contributed by atoms with Crippen LogP contribution in [-0.2, 0) is 16.1 Å². The summed E-state index contributed by atoms with van der Waals surface area (Å²) in [5.74, 6) is 1.51. The third-order valence-electron chi connectivity index (χ3n) is 4.38. The molecule has 0 aliphatic carbocycles. The van der Waals surface area contributed by atoms with Gasteiger partial charge < -0.3 is 19.9 Å². The van der Waals surface area contributed by atoms with E-state index >= 15 is 0 Å². The van der Waals surface area contributed by atoms with Crippen LogP contribution in [-0.4, -0.2) is 69.1 Å². The Morgan fingerprint density at radius 3 is 2.73 bits per heavy atom. The van der Waals surface area contributed by atoms with Gasteiger partial charge in [-0.25, -0.2) is 0 Å². The molecule has 1 aromatic rings. The van der Waals surface area contributed by atoms with Crippen molar-refractivity contribution >= 4 is 35.8 Å². The van der Waals surface area contributed by atoms with Crippen LogP contribution in [0.5, 0.6) is 0 Å². The number of likely N-dealkylation sites (tertiary alicyclic amines) is 1. The highest BCUT2D eigenvalue weighted by Crippen LogP contribution is 2.17. The highest BCUT2D eigenvalue weighted by atomic mass is 127. The Bertz CT molecular complexity index is 566.